The van der Waals surface area contributed by atoms with E-state index in [0.717, 1.165) is 29.2 Å². The number of hydrogen-bond donors (Lipinski definition) is 3. The summed E-state index contributed by atoms with van der Waals surface area (Å²) in [5.74, 6) is -1.43. The fourth-order valence-electron chi connectivity index (χ4n) is 7.93. The standard InChI is InChI=1S/C31H29Cl2F3N2O3S/c32-29-12-19-11-28(15-29,16-30(33,13-19)17-29)25(27(40)41)38-26(39)23-10-7-20-3-1-2-4-22(20)24(23)37-14-18-5-8-21(9-6-18)42-31(34,35)36/h1-10,19,25,37H,11-17H2,(H,38,39)(H,40,41)/t19?,25-,28?,29?,30?/m1/s1. The van der Waals surface area contributed by atoms with Crippen molar-refractivity contribution in [2.75, 3.05) is 5.32 Å². The average molecular weight is 638 g/mol. The number of nitrogens with one attached hydrogen (secondary N) is 2. The quantitative estimate of drug-likeness (QED) is 0.172. The molecule has 0 spiro atoms. The molecule has 222 valence electrons. The van der Waals surface area contributed by atoms with Gasteiger partial charge in [0.05, 0.1) is 11.3 Å². The van der Waals surface area contributed by atoms with Crippen LogP contribution in [0.3, 0.4) is 0 Å². The summed E-state index contributed by atoms with van der Waals surface area (Å²) in [6.45, 7) is 0.239. The molecule has 4 aliphatic rings. The minimum absolute atomic E-state index is 0.0818. The molecule has 5 nitrogen and oxygen atoms in total. The van der Waals surface area contributed by atoms with E-state index in [9.17, 15) is 27.9 Å². The predicted molar refractivity (Wildman–Crippen MR) is 159 cm³/mol. The van der Waals surface area contributed by atoms with Crippen LogP contribution in [0.1, 0.15) is 54.4 Å². The number of halogens is 5. The lowest BCUT2D eigenvalue weighted by Crippen LogP contribution is -2.66. The van der Waals surface area contributed by atoms with Gasteiger partial charge in [-0.2, -0.15) is 13.2 Å². The van der Waals surface area contributed by atoms with Crippen molar-refractivity contribution in [3.8, 4) is 0 Å². The van der Waals surface area contributed by atoms with Gasteiger partial charge in [0.15, 0.2) is 0 Å². The Balaban J connectivity index is 1.28. The molecule has 42 heavy (non-hydrogen) atoms. The van der Waals surface area contributed by atoms with Gasteiger partial charge in [0, 0.05) is 32.0 Å². The normalized spacial score (nSPS) is 28.9. The van der Waals surface area contributed by atoms with E-state index in [-0.39, 0.29) is 34.7 Å². The van der Waals surface area contributed by atoms with Gasteiger partial charge in [-0.25, -0.2) is 4.79 Å². The number of fused-ring (bicyclic) bond motifs is 1. The van der Waals surface area contributed by atoms with Crippen LogP contribution in [0.5, 0.6) is 0 Å². The van der Waals surface area contributed by atoms with Crippen molar-refractivity contribution in [2.24, 2.45) is 11.3 Å². The average Bonchev–Trinajstić information content (AvgIpc) is 2.87. The highest BCUT2D eigenvalue weighted by Gasteiger charge is 2.66. The number of hydrogen-bond acceptors (Lipinski definition) is 4. The third-order valence-corrected chi connectivity index (χ3v) is 10.5. The lowest BCUT2D eigenvalue weighted by atomic mass is 9.47. The zero-order chi connectivity index (χ0) is 29.9. The topological polar surface area (TPSA) is 78.4 Å². The van der Waals surface area contributed by atoms with Crippen molar-refractivity contribution in [3.05, 3.63) is 71.8 Å². The first-order valence-electron chi connectivity index (χ1n) is 13.8. The molecule has 4 saturated carbocycles. The van der Waals surface area contributed by atoms with Crippen LogP contribution < -0.4 is 10.6 Å². The summed E-state index contributed by atoms with van der Waals surface area (Å²) in [6, 6.07) is 15.8. The number of thioether (sulfide) groups is 1. The lowest BCUT2D eigenvalue weighted by Gasteiger charge is -2.64. The fourth-order valence-corrected chi connectivity index (χ4v) is 10.0. The molecular formula is C31H29Cl2F3N2O3S. The number of carbonyl (C=O) groups excluding carboxylic acids is 1. The van der Waals surface area contributed by atoms with Gasteiger partial charge in [0.1, 0.15) is 6.04 Å². The van der Waals surface area contributed by atoms with Gasteiger partial charge in [-0.15, -0.1) is 23.2 Å². The number of aliphatic carboxylic acids is 1. The molecule has 3 atom stereocenters. The maximum Gasteiger partial charge on any atom is 0.446 e. The highest BCUT2D eigenvalue weighted by Crippen LogP contribution is 2.68. The minimum atomic E-state index is -4.37. The first-order chi connectivity index (χ1) is 19.8. The summed E-state index contributed by atoms with van der Waals surface area (Å²) in [5, 5.41) is 18.2. The Labute approximate surface area is 255 Å². The van der Waals surface area contributed by atoms with Gasteiger partial charge in [0.25, 0.3) is 5.91 Å². The van der Waals surface area contributed by atoms with Crippen LogP contribution in [-0.4, -0.2) is 38.3 Å². The summed E-state index contributed by atoms with van der Waals surface area (Å²) in [5.41, 5.74) is -3.61. The zero-order valence-electron chi connectivity index (χ0n) is 22.4. The number of carboxylic acid groups (broad SMARTS) is 1. The Morgan fingerprint density at radius 1 is 0.952 bits per heavy atom. The van der Waals surface area contributed by atoms with E-state index in [0.29, 0.717) is 31.4 Å². The molecule has 3 aromatic carbocycles. The molecule has 11 heteroatoms. The lowest BCUT2D eigenvalue weighted by molar-refractivity contribution is -0.148. The minimum Gasteiger partial charge on any atom is -0.480 e. The van der Waals surface area contributed by atoms with Gasteiger partial charge < -0.3 is 15.7 Å². The molecule has 4 aliphatic carbocycles. The second kappa shape index (κ2) is 10.5. The summed E-state index contributed by atoms with van der Waals surface area (Å²) >= 11 is 13.8. The van der Waals surface area contributed by atoms with E-state index >= 15 is 0 Å². The molecule has 3 aromatic rings. The van der Waals surface area contributed by atoms with E-state index in [1.807, 2.05) is 24.3 Å². The van der Waals surface area contributed by atoms with Gasteiger partial charge in [0.2, 0.25) is 0 Å². The van der Waals surface area contributed by atoms with Gasteiger partial charge in [-0.1, -0.05) is 42.5 Å². The van der Waals surface area contributed by atoms with Crippen molar-refractivity contribution >= 4 is 63.3 Å². The highest BCUT2D eigenvalue weighted by atomic mass is 35.5. The van der Waals surface area contributed by atoms with Crippen molar-refractivity contribution in [2.45, 2.75) is 71.3 Å². The number of alkyl halides is 5. The summed E-state index contributed by atoms with van der Waals surface area (Å²) in [6.07, 6.45) is 3.86. The van der Waals surface area contributed by atoms with E-state index in [1.54, 1.807) is 24.3 Å². The molecule has 7 rings (SSSR count). The first-order valence-corrected chi connectivity index (χ1v) is 15.3. The second-order valence-electron chi connectivity index (χ2n) is 12.2. The molecule has 0 radical (unpaired) electrons. The fraction of sp³-hybridized carbons (Fsp3) is 0.419. The molecule has 0 aliphatic heterocycles. The molecular weight excluding hydrogens is 608 g/mol. The van der Waals surface area contributed by atoms with E-state index in [4.69, 9.17) is 23.2 Å². The first kappa shape index (κ1) is 29.5. The van der Waals surface area contributed by atoms with E-state index < -0.39 is 38.6 Å². The number of carboxylic acids is 1. The number of benzene rings is 3. The molecule has 3 N–H and O–H groups in total. The van der Waals surface area contributed by atoms with Crippen LogP contribution in [0.4, 0.5) is 18.9 Å². The third-order valence-electron chi connectivity index (χ3n) is 8.91. The van der Waals surface area contributed by atoms with Crippen LogP contribution in [0.25, 0.3) is 10.8 Å². The van der Waals surface area contributed by atoms with Gasteiger partial charge in [-0.05, 0) is 85.4 Å². The molecule has 0 saturated heterocycles. The molecule has 4 bridgehead atoms. The summed E-state index contributed by atoms with van der Waals surface area (Å²) in [7, 11) is 0. The maximum atomic E-state index is 13.9. The van der Waals surface area contributed by atoms with Crippen LogP contribution in [0, 0.1) is 11.3 Å². The van der Waals surface area contributed by atoms with Crippen LogP contribution >= 0.6 is 35.0 Å². The molecule has 2 unspecified atom stereocenters. The monoisotopic (exact) mass is 636 g/mol. The van der Waals surface area contributed by atoms with Crippen LogP contribution in [0.2, 0.25) is 0 Å². The molecule has 4 fully saturated rings. The number of rotatable bonds is 8. The smallest absolute Gasteiger partial charge is 0.446 e. The van der Waals surface area contributed by atoms with E-state index in [1.165, 1.54) is 12.1 Å². The van der Waals surface area contributed by atoms with Crippen molar-refractivity contribution in [3.63, 3.8) is 0 Å². The number of carbonyl (C=O) groups is 2. The molecule has 0 aromatic heterocycles. The Morgan fingerprint density at radius 3 is 2.24 bits per heavy atom. The predicted octanol–water partition coefficient (Wildman–Crippen LogP) is 8.19. The van der Waals surface area contributed by atoms with Crippen molar-refractivity contribution < 1.29 is 27.9 Å². The Hall–Kier alpha value is -2.62. The van der Waals surface area contributed by atoms with Gasteiger partial charge in [-0.3, -0.25) is 4.79 Å². The largest absolute Gasteiger partial charge is 0.480 e. The summed E-state index contributed by atoms with van der Waals surface area (Å²) in [4.78, 5) is 25.5. The number of anilines is 1. The molecule has 1 amide bonds. The van der Waals surface area contributed by atoms with Gasteiger partial charge >= 0.3 is 11.5 Å². The Kier molecular flexibility index (Phi) is 7.38. The number of amides is 1. The maximum absolute atomic E-state index is 13.9. The van der Waals surface area contributed by atoms with Crippen molar-refractivity contribution in [1.29, 1.82) is 0 Å². The van der Waals surface area contributed by atoms with E-state index in [2.05, 4.69) is 10.6 Å². The zero-order valence-corrected chi connectivity index (χ0v) is 24.8. The molecule has 0 heterocycles. The van der Waals surface area contributed by atoms with Crippen LogP contribution in [0.15, 0.2) is 65.6 Å². The second-order valence-corrected chi connectivity index (χ2v) is 14.9. The SMILES string of the molecule is O=C(N[C@H](C(=O)O)C12CC3CC(Cl)(CC(Cl)(C3)C1)C2)c1ccc2ccccc2c1NCc1ccc(SC(F)(F)F)cc1. The third kappa shape index (κ3) is 5.80. The van der Waals surface area contributed by atoms with Crippen LogP contribution in [-0.2, 0) is 11.3 Å². The Morgan fingerprint density at radius 2 is 1.62 bits per heavy atom. The summed E-state index contributed by atoms with van der Waals surface area (Å²) < 4.78 is 38.2. The van der Waals surface area contributed by atoms with Crippen molar-refractivity contribution in [1.82, 2.24) is 5.32 Å². The highest BCUT2D eigenvalue weighted by molar-refractivity contribution is 8.00. The Bertz CT molecular complexity index is 1530.